The smallest absolute Gasteiger partial charge is 0.410 e. The highest BCUT2D eigenvalue weighted by Gasteiger charge is 2.29. The van der Waals surface area contributed by atoms with Crippen molar-refractivity contribution >= 4 is 23.6 Å². The zero-order chi connectivity index (χ0) is 28.7. The van der Waals surface area contributed by atoms with Crippen molar-refractivity contribution in [2.45, 2.75) is 58.4 Å². The maximum atomic E-state index is 12.9. The van der Waals surface area contributed by atoms with Gasteiger partial charge >= 0.3 is 12.0 Å². The molecule has 2 heterocycles. The van der Waals surface area contributed by atoms with E-state index in [4.69, 9.17) is 15.2 Å². The maximum absolute atomic E-state index is 12.9. The summed E-state index contributed by atoms with van der Waals surface area (Å²) in [5.41, 5.74) is 11.5. The van der Waals surface area contributed by atoms with Crippen molar-refractivity contribution in [3.8, 4) is 0 Å². The fourth-order valence-corrected chi connectivity index (χ4v) is 3.98. The van der Waals surface area contributed by atoms with E-state index in [9.17, 15) is 14.4 Å². The van der Waals surface area contributed by atoms with Crippen LogP contribution < -0.4 is 16.8 Å². The average molecular weight is 541 g/mol. The Kier molecular flexibility index (Phi) is 9.73. The molecule has 0 bridgehead atoms. The molecule has 1 unspecified atom stereocenters. The molecule has 0 saturated carbocycles. The van der Waals surface area contributed by atoms with Crippen LogP contribution in [0.3, 0.4) is 0 Å². The van der Waals surface area contributed by atoms with Crippen LogP contribution in [0.15, 0.2) is 42.5 Å². The van der Waals surface area contributed by atoms with Crippen molar-refractivity contribution in [2.75, 3.05) is 20.2 Å². The molecule has 12 nitrogen and oxygen atoms in total. The largest absolute Gasteiger partial charge is 0.443 e. The molecule has 6 N–H and O–H groups in total. The quantitative estimate of drug-likeness (QED) is 0.309. The summed E-state index contributed by atoms with van der Waals surface area (Å²) in [7, 11) is 1.45. The lowest BCUT2D eigenvalue weighted by molar-refractivity contribution is -0.305. The number of fused-ring (bicyclic) bond motifs is 1. The first-order chi connectivity index (χ1) is 18.4. The lowest BCUT2D eigenvalue weighted by Crippen LogP contribution is -2.61. The van der Waals surface area contributed by atoms with E-state index in [-0.39, 0.29) is 25.7 Å². The van der Waals surface area contributed by atoms with Crippen LogP contribution in [0.1, 0.15) is 62.3 Å². The number of rotatable bonds is 12. The number of ether oxygens (including phenoxy) is 2. The zero-order valence-electron chi connectivity index (χ0n) is 23.1. The number of nitrogens with one attached hydrogen (secondary N) is 1. The molecule has 39 heavy (non-hydrogen) atoms. The molecule has 210 valence electrons. The molecule has 12 heteroatoms. The standard InChI is InChI=1S/C27H37N7O5/c1-17(2)20-11-7-6-9-18(20)14-38-16-21(30-25(36)27(3,4)29)24-32-31-23-12-8-10-19(34(23)24)15-39-26(37)33(5)13-22(28)35/h6-12,17,21H,13-16,29H2,1-5H3,(H2,28,35)(H,30,36)/p+1. The Morgan fingerprint density at radius 1 is 1.10 bits per heavy atom. The van der Waals surface area contributed by atoms with Crippen LogP contribution in [0.4, 0.5) is 4.79 Å². The number of benzene rings is 1. The van der Waals surface area contributed by atoms with Crippen molar-refractivity contribution in [1.29, 1.82) is 0 Å². The third-order valence-corrected chi connectivity index (χ3v) is 6.02. The van der Waals surface area contributed by atoms with Crippen LogP contribution in [-0.2, 0) is 32.3 Å². The summed E-state index contributed by atoms with van der Waals surface area (Å²) in [5, 5.41) is 11.5. The van der Waals surface area contributed by atoms with Crippen LogP contribution in [0, 0.1) is 0 Å². The first kappa shape index (κ1) is 29.7. The van der Waals surface area contributed by atoms with Gasteiger partial charge < -0.3 is 20.5 Å². The van der Waals surface area contributed by atoms with Crippen molar-refractivity contribution in [3.05, 3.63) is 65.1 Å². The Bertz CT molecular complexity index is 1320. The predicted molar refractivity (Wildman–Crippen MR) is 143 cm³/mol. The Balaban J connectivity index is 1.87. The summed E-state index contributed by atoms with van der Waals surface area (Å²) in [6.07, 6.45) is -0.680. The normalized spacial score (nSPS) is 12.4. The lowest BCUT2D eigenvalue weighted by Gasteiger charge is -2.24. The van der Waals surface area contributed by atoms with E-state index in [1.54, 1.807) is 36.4 Å². The Morgan fingerprint density at radius 2 is 1.82 bits per heavy atom. The molecule has 0 fully saturated rings. The van der Waals surface area contributed by atoms with E-state index in [1.807, 2.05) is 18.2 Å². The Morgan fingerprint density at radius 3 is 2.49 bits per heavy atom. The highest BCUT2D eigenvalue weighted by molar-refractivity contribution is 5.85. The lowest BCUT2D eigenvalue weighted by atomic mass is 9.98. The van der Waals surface area contributed by atoms with Crippen molar-refractivity contribution < 1.29 is 29.6 Å². The van der Waals surface area contributed by atoms with E-state index >= 15 is 0 Å². The number of likely N-dealkylation sites (N-methyl/N-ethyl adjacent to an activating group) is 1. The van der Waals surface area contributed by atoms with Gasteiger partial charge in [0.2, 0.25) is 5.91 Å². The topological polar surface area (TPSA) is 169 Å². The minimum Gasteiger partial charge on any atom is -0.443 e. The van der Waals surface area contributed by atoms with E-state index in [0.29, 0.717) is 29.7 Å². The first-order valence-corrected chi connectivity index (χ1v) is 12.7. The van der Waals surface area contributed by atoms with Crippen LogP contribution in [0.5, 0.6) is 0 Å². The van der Waals surface area contributed by atoms with Gasteiger partial charge in [0.15, 0.2) is 11.5 Å². The summed E-state index contributed by atoms with van der Waals surface area (Å²) in [4.78, 5) is 37.6. The molecular formula is C27H38N7O5+. The average Bonchev–Trinajstić information content (AvgIpc) is 3.30. The molecule has 0 saturated heterocycles. The van der Waals surface area contributed by atoms with Gasteiger partial charge in [-0.15, -0.1) is 10.2 Å². The van der Waals surface area contributed by atoms with Crippen LogP contribution in [-0.4, -0.2) is 63.1 Å². The van der Waals surface area contributed by atoms with Gasteiger partial charge in [-0.1, -0.05) is 44.2 Å². The van der Waals surface area contributed by atoms with E-state index in [0.717, 1.165) is 10.5 Å². The van der Waals surface area contributed by atoms with Crippen LogP contribution >= 0.6 is 0 Å². The summed E-state index contributed by atoms with van der Waals surface area (Å²) in [6, 6.07) is 12.6. The van der Waals surface area contributed by atoms with Gasteiger partial charge in [-0.25, -0.2) is 9.59 Å². The van der Waals surface area contributed by atoms with E-state index in [2.05, 4.69) is 41.2 Å². The second kappa shape index (κ2) is 12.8. The number of amides is 3. The summed E-state index contributed by atoms with van der Waals surface area (Å²) in [6.45, 7) is 7.61. The molecule has 0 radical (unpaired) electrons. The second-order valence-electron chi connectivity index (χ2n) is 10.3. The van der Waals surface area contributed by atoms with Gasteiger partial charge in [0.05, 0.1) is 24.4 Å². The highest BCUT2D eigenvalue weighted by atomic mass is 16.6. The van der Waals surface area contributed by atoms with Gasteiger partial charge in [-0.05, 0) is 43.0 Å². The molecule has 0 aliphatic rings. The van der Waals surface area contributed by atoms with Crippen molar-refractivity contribution in [1.82, 2.24) is 24.8 Å². The molecule has 2 aromatic heterocycles. The summed E-state index contributed by atoms with van der Waals surface area (Å²) >= 11 is 0. The number of hydrogen-bond donors (Lipinski definition) is 3. The highest BCUT2D eigenvalue weighted by Crippen LogP contribution is 2.22. The number of carbonyl (C=O) groups is 3. The molecule has 0 aliphatic carbocycles. The van der Waals surface area contributed by atoms with E-state index in [1.165, 1.54) is 12.6 Å². The number of quaternary nitrogens is 1. The Hall–Kier alpha value is -3.87. The Labute approximate surface area is 227 Å². The molecule has 1 atom stereocenters. The zero-order valence-corrected chi connectivity index (χ0v) is 23.1. The number of carbonyl (C=O) groups excluding carboxylic acids is 3. The van der Waals surface area contributed by atoms with Gasteiger partial charge in [-0.3, -0.25) is 19.8 Å². The monoisotopic (exact) mass is 540 g/mol. The SMILES string of the molecule is CC(C)c1ccccc1COCC(NC(=O)C(C)(C)N)c1nnc2cccc(COC(=O)N(C)CC([NH3+])=O)n12. The summed E-state index contributed by atoms with van der Waals surface area (Å²) in [5.74, 6) is -0.0728. The van der Waals surface area contributed by atoms with Gasteiger partial charge in [-0.2, -0.15) is 0 Å². The first-order valence-electron chi connectivity index (χ1n) is 12.7. The van der Waals surface area contributed by atoms with Gasteiger partial charge in [0, 0.05) is 7.05 Å². The van der Waals surface area contributed by atoms with E-state index < -0.39 is 23.6 Å². The number of aromatic nitrogens is 3. The fraction of sp³-hybridized carbons (Fsp3) is 0.444. The second-order valence-corrected chi connectivity index (χ2v) is 10.3. The van der Waals surface area contributed by atoms with Crippen molar-refractivity contribution in [2.24, 2.45) is 5.73 Å². The summed E-state index contributed by atoms with van der Waals surface area (Å²) < 4.78 is 13.2. The fourth-order valence-electron chi connectivity index (χ4n) is 3.98. The van der Waals surface area contributed by atoms with Gasteiger partial charge in [0.25, 0.3) is 0 Å². The molecule has 0 spiro atoms. The molecular weight excluding hydrogens is 502 g/mol. The maximum Gasteiger partial charge on any atom is 0.410 e. The minimum atomic E-state index is -1.14. The van der Waals surface area contributed by atoms with Gasteiger partial charge in [0.1, 0.15) is 19.2 Å². The van der Waals surface area contributed by atoms with Crippen LogP contribution in [0.2, 0.25) is 0 Å². The molecule has 1 aromatic carbocycles. The number of pyridine rings is 1. The predicted octanol–water partition coefficient (Wildman–Crippen LogP) is 1.30. The number of nitrogens with two attached hydrogens (primary N) is 1. The number of hydrogen-bond acceptors (Lipinski definition) is 8. The molecule has 3 rings (SSSR count). The third-order valence-electron chi connectivity index (χ3n) is 6.02. The molecule has 0 aliphatic heterocycles. The molecule has 3 amide bonds. The molecule has 3 aromatic rings. The van der Waals surface area contributed by atoms with Crippen molar-refractivity contribution in [3.63, 3.8) is 0 Å². The third kappa shape index (κ3) is 7.82. The minimum absolute atomic E-state index is 0.0948. The van der Waals surface area contributed by atoms with Crippen LogP contribution in [0.25, 0.3) is 5.65 Å². The number of nitrogens with zero attached hydrogens (tertiary/aromatic N) is 4.